The largest absolute Gasteiger partial charge is 0.359 e. The van der Waals surface area contributed by atoms with Crippen LogP contribution in [0.5, 0.6) is 0 Å². The van der Waals surface area contributed by atoms with E-state index < -0.39 is 21.7 Å². The zero-order valence-corrected chi connectivity index (χ0v) is 18.6. The first-order valence-electron chi connectivity index (χ1n) is 10.4. The molecule has 1 N–H and O–H groups in total. The molecule has 1 saturated heterocycles. The summed E-state index contributed by atoms with van der Waals surface area (Å²) in [5.74, 6) is -1.20. The fraction of sp³-hybridized carbons (Fsp3) is 0.125. The van der Waals surface area contributed by atoms with Crippen LogP contribution < -0.4 is 9.62 Å². The second-order valence-corrected chi connectivity index (χ2v) is 9.67. The fourth-order valence-corrected chi connectivity index (χ4v) is 4.85. The number of halogens is 1. The zero-order valence-electron chi connectivity index (χ0n) is 17.8. The molecule has 1 aliphatic rings. The molecule has 2 heterocycles. The molecule has 0 atom stereocenters. The first kappa shape index (κ1) is 21.9. The standard InChI is InChI=1S/C24H19FN4O4S/c25-21-13-19(29-15-33-10-11-34(29,31)32)8-9-20(21)24(30)27-18-6-3-5-16(12-18)23-26-14-17-4-1-2-7-22(17)28-23/h1-9,12-14H,10-11,15H2,(H,27,30). The minimum Gasteiger partial charge on any atom is -0.359 e. The smallest absolute Gasteiger partial charge is 0.258 e. The number of sulfonamides is 1. The average Bonchev–Trinajstić information content (AvgIpc) is 2.83. The minimum absolute atomic E-state index is 0.0884. The summed E-state index contributed by atoms with van der Waals surface area (Å²) in [6.45, 7) is -0.109. The Bertz CT molecular complexity index is 1510. The lowest BCUT2D eigenvalue weighted by Crippen LogP contribution is -2.41. The number of hydrogen-bond acceptors (Lipinski definition) is 6. The van der Waals surface area contributed by atoms with Gasteiger partial charge in [0, 0.05) is 22.8 Å². The Balaban J connectivity index is 1.37. The molecule has 5 rings (SSSR count). The number of aromatic nitrogens is 2. The number of amides is 1. The quantitative estimate of drug-likeness (QED) is 0.479. The molecule has 3 aromatic carbocycles. The van der Waals surface area contributed by atoms with Crippen LogP contribution in [0.4, 0.5) is 15.8 Å². The van der Waals surface area contributed by atoms with Gasteiger partial charge in [-0.2, -0.15) is 0 Å². The van der Waals surface area contributed by atoms with E-state index in [2.05, 4.69) is 15.3 Å². The molecule has 0 spiro atoms. The van der Waals surface area contributed by atoms with Gasteiger partial charge in [-0.15, -0.1) is 0 Å². The molecule has 0 radical (unpaired) electrons. The van der Waals surface area contributed by atoms with Crippen LogP contribution in [-0.2, 0) is 14.8 Å². The molecule has 1 amide bonds. The van der Waals surface area contributed by atoms with Gasteiger partial charge >= 0.3 is 0 Å². The van der Waals surface area contributed by atoms with Crippen molar-refractivity contribution in [2.45, 2.75) is 0 Å². The molecule has 0 bridgehead atoms. The third-order valence-corrected chi connectivity index (χ3v) is 7.05. The highest BCUT2D eigenvalue weighted by molar-refractivity contribution is 7.92. The molecule has 0 unspecified atom stereocenters. The van der Waals surface area contributed by atoms with Gasteiger partial charge in [-0.25, -0.2) is 27.1 Å². The second kappa shape index (κ2) is 8.81. The van der Waals surface area contributed by atoms with Crippen molar-refractivity contribution in [3.63, 3.8) is 0 Å². The van der Waals surface area contributed by atoms with E-state index in [0.717, 1.165) is 21.3 Å². The summed E-state index contributed by atoms with van der Waals surface area (Å²) in [6.07, 6.45) is 1.73. The predicted molar refractivity (Wildman–Crippen MR) is 126 cm³/mol. The molecule has 0 aliphatic carbocycles. The number of ether oxygens (including phenoxy) is 1. The second-order valence-electron chi connectivity index (χ2n) is 7.65. The summed E-state index contributed by atoms with van der Waals surface area (Å²) < 4.78 is 45.3. The molecule has 172 valence electrons. The number of rotatable bonds is 4. The van der Waals surface area contributed by atoms with E-state index in [1.54, 1.807) is 24.4 Å². The van der Waals surface area contributed by atoms with Crippen molar-refractivity contribution in [3.05, 3.63) is 84.3 Å². The number of hydrogen-bond donors (Lipinski definition) is 1. The van der Waals surface area contributed by atoms with E-state index in [0.29, 0.717) is 17.1 Å². The third-order valence-electron chi connectivity index (χ3n) is 5.38. The number of carbonyl (C=O) groups is 1. The summed E-state index contributed by atoms with van der Waals surface area (Å²) >= 11 is 0. The van der Waals surface area contributed by atoms with Crippen LogP contribution in [0.2, 0.25) is 0 Å². The van der Waals surface area contributed by atoms with Gasteiger partial charge in [0.15, 0.2) is 5.82 Å². The molecule has 34 heavy (non-hydrogen) atoms. The third kappa shape index (κ3) is 4.33. The van der Waals surface area contributed by atoms with Crippen molar-refractivity contribution in [1.29, 1.82) is 0 Å². The summed E-state index contributed by atoms with van der Waals surface area (Å²) in [6, 6.07) is 18.2. The summed E-state index contributed by atoms with van der Waals surface area (Å²) in [5.41, 5.74) is 1.81. The van der Waals surface area contributed by atoms with Crippen LogP contribution in [0.15, 0.2) is 72.9 Å². The summed E-state index contributed by atoms with van der Waals surface area (Å²) in [7, 11) is -3.59. The van der Waals surface area contributed by atoms with E-state index in [1.807, 2.05) is 30.3 Å². The predicted octanol–water partition coefficient (Wildman–Crippen LogP) is 3.81. The van der Waals surface area contributed by atoms with E-state index in [1.165, 1.54) is 12.1 Å². The lowest BCUT2D eigenvalue weighted by molar-refractivity contribution is 0.102. The van der Waals surface area contributed by atoms with Crippen LogP contribution >= 0.6 is 0 Å². The van der Waals surface area contributed by atoms with Crippen molar-refractivity contribution in [2.75, 3.05) is 28.7 Å². The van der Waals surface area contributed by atoms with Crippen LogP contribution in [0, 0.1) is 5.82 Å². The van der Waals surface area contributed by atoms with Gasteiger partial charge in [-0.05, 0) is 36.4 Å². The van der Waals surface area contributed by atoms with Gasteiger partial charge < -0.3 is 10.1 Å². The summed E-state index contributed by atoms with van der Waals surface area (Å²) in [5, 5.41) is 3.59. The maximum atomic E-state index is 14.8. The zero-order chi connectivity index (χ0) is 23.7. The molecule has 1 aliphatic heterocycles. The van der Waals surface area contributed by atoms with Gasteiger partial charge in [0.25, 0.3) is 5.91 Å². The van der Waals surface area contributed by atoms with Gasteiger partial charge in [0.05, 0.1) is 29.1 Å². The van der Waals surface area contributed by atoms with Gasteiger partial charge in [-0.1, -0.05) is 30.3 Å². The Labute approximate surface area is 195 Å². The normalized spacial score (nSPS) is 15.3. The van der Waals surface area contributed by atoms with Crippen LogP contribution in [0.1, 0.15) is 10.4 Å². The Morgan fingerprint density at radius 2 is 1.91 bits per heavy atom. The van der Waals surface area contributed by atoms with E-state index in [4.69, 9.17) is 4.74 Å². The molecule has 8 nitrogen and oxygen atoms in total. The Hall–Kier alpha value is -3.89. The fourth-order valence-electron chi connectivity index (χ4n) is 3.63. The first-order chi connectivity index (χ1) is 16.4. The Morgan fingerprint density at radius 3 is 2.74 bits per heavy atom. The maximum absolute atomic E-state index is 14.8. The Kier molecular flexibility index (Phi) is 5.68. The van der Waals surface area contributed by atoms with Crippen LogP contribution in [0.25, 0.3) is 22.3 Å². The number of nitrogens with one attached hydrogen (secondary N) is 1. The molecular formula is C24H19FN4O4S. The average molecular weight is 479 g/mol. The molecule has 0 saturated carbocycles. The lowest BCUT2D eigenvalue weighted by atomic mass is 10.1. The van der Waals surface area contributed by atoms with Crippen molar-refractivity contribution in [1.82, 2.24) is 9.97 Å². The van der Waals surface area contributed by atoms with Crippen molar-refractivity contribution < 1.29 is 22.3 Å². The highest BCUT2D eigenvalue weighted by atomic mass is 32.2. The number of carbonyl (C=O) groups excluding carboxylic acids is 1. The molecule has 10 heteroatoms. The van der Waals surface area contributed by atoms with Crippen molar-refractivity contribution in [2.24, 2.45) is 0 Å². The number of nitrogens with zero attached hydrogens (tertiary/aromatic N) is 3. The van der Waals surface area contributed by atoms with E-state index >= 15 is 0 Å². The molecule has 1 aromatic heterocycles. The molecular weight excluding hydrogens is 459 g/mol. The van der Waals surface area contributed by atoms with Gasteiger partial charge in [0.2, 0.25) is 10.0 Å². The Morgan fingerprint density at radius 1 is 1.06 bits per heavy atom. The number of para-hydroxylation sites is 1. The highest BCUT2D eigenvalue weighted by Crippen LogP contribution is 2.25. The molecule has 1 fully saturated rings. The first-order valence-corrected chi connectivity index (χ1v) is 12.0. The van der Waals surface area contributed by atoms with Gasteiger partial charge in [0.1, 0.15) is 12.5 Å². The van der Waals surface area contributed by atoms with E-state index in [9.17, 15) is 17.6 Å². The number of anilines is 2. The van der Waals surface area contributed by atoms with Gasteiger partial charge in [-0.3, -0.25) is 4.79 Å². The SMILES string of the molecule is O=C(Nc1cccc(-c2ncc3ccccc3n2)c1)c1ccc(N2COCCS2(=O)=O)cc1F. The lowest BCUT2D eigenvalue weighted by Gasteiger charge is -2.28. The van der Waals surface area contributed by atoms with Crippen LogP contribution in [0.3, 0.4) is 0 Å². The summed E-state index contributed by atoms with van der Waals surface area (Å²) in [4.78, 5) is 21.7. The van der Waals surface area contributed by atoms with Crippen molar-refractivity contribution in [3.8, 4) is 11.4 Å². The monoisotopic (exact) mass is 478 g/mol. The minimum atomic E-state index is -3.59. The van der Waals surface area contributed by atoms with Crippen molar-refractivity contribution >= 4 is 38.2 Å². The topological polar surface area (TPSA) is 101 Å². The number of fused-ring (bicyclic) bond motifs is 1. The van der Waals surface area contributed by atoms with Crippen LogP contribution in [-0.4, -0.2) is 43.4 Å². The highest BCUT2D eigenvalue weighted by Gasteiger charge is 2.27. The van der Waals surface area contributed by atoms with E-state index in [-0.39, 0.29) is 30.3 Å². The maximum Gasteiger partial charge on any atom is 0.258 e. The molecule has 4 aromatic rings. The number of benzene rings is 3.